The molecule has 0 radical (unpaired) electrons. The van der Waals surface area contributed by atoms with E-state index >= 15 is 0 Å². The van der Waals surface area contributed by atoms with Crippen molar-refractivity contribution < 1.29 is 8.83 Å². The van der Waals surface area contributed by atoms with Crippen molar-refractivity contribution >= 4 is 92.4 Å². The predicted molar refractivity (Wildman–Crippen MR) is 194 cm³/mol. The number of furan rings is 2. The number of fused-ring (bicyclic) bond motifs is 9. The zero-order valence-electron chi connectivity index (χ0n) is 24.6. The first-order chi connectivity index (χ1) is 22.8. The van der Waals surface area contributed by atoms with Gasteiger partial charge in [0.1, 0.15) is 22.3 Å². The van der Waals surface area contributed by atoms with E-state index in [1.165, 1.54) is 31.3 Å². The van der Waals surface area contributed by atoms with Crippen LogP contribution in [0.1, 0.15) is 0 Å². The molecule has 7 aromatic carbocycles. The van der Waals surface area contributed by atoms with Crippen molar-refractivity contribution in [2.75, 3.05) is 4.90 Å². The standard InChI is InChI=1S/C42H25NO2S/c1-2-11-26(12-3-1)28-15-8-22-39-40(28)31-25-27(23-24-38(31)46-39)43(32-16-9-20-36-41(32)29-13-4-6-18-34(29)44-36)33-17-10-21-37-42(33)30-14-5-7-19-35(30)45-37/h1-25H. The van der Waals surface area contributed by atoms with Gasteiger partial charge < -0.3 is 13.7 Å². The normalized spacial score (nSPS) is 11.9. The minimum atomic E-state index is 0.862. The highest BCUT2D eigenvalue weighted by molar-refractivity contribution is 7.26. The van der Waals surface area contributed by atoms with Crippen LogP contribution in [0.15, 0.2) is 160 Å². The Morgan fingerprint density at radius 2 is 1.00 bits per heavy atom. The van der Waals surface area contributed by atoms with Crippen LogP contribution in [0.3, 0.4) is 0 Å². The number of thiophene rings is 1. The monoisotopic (exact) mass is 607 g/mol. The van der Waals surface area contributed by atoms with E-state index in [-0.39, 0.29) is 0 Å². The molecule has 0 saturated heterocycles. The lowest BCUT2D eigenvalue weighted by molar-refractivity contribution is 0.668. The predicted octanol–water partition coefficient (Wildman–Crippen LogP) is 13.0. The Morgan fingerprint density at radius 1 is 0.413 bits per heavy atom. The van der Waals surface area contributed by atoms with Crippen LogP contribution in [0.4, 0.5) is 17.1 Å². The Kier molecular flexibility index (Phi) is 5.45. The van der Waals surface area contributed by atoms with Gasteiger partial charge in [0, 0.05) is 36.6 Å². The lowest BCUT2D eigenvalue weighted by atomic mass is 9.99. The molecular formula is C42H25NO2S. The summed E-state index contributed by atoms with van der Waals surface area (Å²) in [6.45, 7) is 0. The Hall–Kier alpha value is -5.84. The van der Waals surface area contributed by atoms with E-state index in [2.05, 4.69) is 132 Å². The van der Waals surface area contributed by atoms with Crippen LogP contribution < -0.4 is 4.90 Å². The lowest BCUT2D eigenvalue weighted by Crippen LogP contribution is -2.10. The van der Waals surface area contributed by atoms with Gasteiger partial charge in [-0.25, -0.2) is 0 Å². The fourth-order valence-electron chi connectivity index (χ4n) is 7.10. The summed E-state index contributed by atoms with van der Waals surface area (Å²) in [5, 5.41) is 6.89. The van der Waals surface area contributed by atoms with Crippen molar-refractivity contribution in [1.29, 1.82) is 0 Å². The van der Waals surface area contributed by atoms with Gasteiger partial charge >= 0.3 is 0 Å². The van der Waals surface area contributed by atoms with E-state index in [1.54, 1.807) is 0 Å². The first-order valence-corrected chi connectivity index (χ1v) is 16.2. The summed E-state index contributed by atoms with van der Waals surface area (Å²) in [6.07, 6.45) is 0. The number of hydrogen-bond donors (Lipinski definition) is 0. The summed E-state index contributed by atoms with van der Waals surface area (Å²) < 4.78 is 15.3. The van der Waals surface area contributed by atoms with Gasteiger partial charge in [0.05, 0.1) is 22.1 Å². The quantitative estimate of drug-likeness (QED) is 0.199. The van der Waals surface area contributed by atoms with Crippen LogP contribution in [0, 0.1) is 0 Å². The molecular weight excluding hydrogens is 583 g/mol. The van der Waals surface area contributed by atoms with Gasteiger partial charge in [0.2, 0.25) is 0 Å². The average Bonchev–Trinajstić information content (AvgIpc) is 3.80. The van der Waals surface area contributed by atoms with Gasteiger partial charge in [-0.3, -0.25) is 0 Å². The van der Waals surface area contributed by atoms with Crippen molar-refractivity contribution in [3.63, 3.8) is 0 Å². The van der Waals surface area contributed by atoms with Gasteiger partial charge in [-0.1, -0.05) is 91.0 Å². The molecule has 10 aromatic rings. The first kappa shape index (κ1) is 25.5. The maximum atomic E-state index is 6.39. The second-order valence-electron chi connectivity index (χ2n) is 11.7. The maximum absolute atomic E-state index is 6.39. The largest absolute Gasteiger partial charge is 0.456 e. The van der Waals surface area contributed by atoms with Crippen LogP contribution in [0.5, 0.6) is 0 Å². The summed E-state index contributed by atoms with van der Waals surface area (Å²) >= 11 is 1.85. The molecule has 0 bridgehead atoms. The first-order valence-electron chi connectivity index (χ1n) is 15.4. The fourth-order valence-corrected chi connectivity index (χ4v) is 8.22. The molecule has 0 aliphatic rings. The number of anilines is 3. The molecule has 3 heterocycles. The van der Waals surface area contributed by atoms with Crippen molar-refractivity contribution in [3.05, 3.63) is 152 Å². The summed E-state index contributed by atoms with van der Waals surface area (Å²) in [4.78, 5) is 2.39. The molecule has 0 spiro atoms. The third kappa shape index (κ3) is 3.71. The highest BCUT2D eigenvalue weighted by Gasteiger charge is 2.24. The number of para-hydroxylation sites is 2. The molecule has 0 aliphatic heterocycles. The van der Waals surface area contributed by atoms with E-state index in [0.29, 0.717) is 0 Å². The summed E-state index contributed by atoms with van der Waals surface area (Å²) in [6, 6.07) is 53.6. The molecule has 0 unspecified atom stereocenters. The second kappa shape index (κ2) is 9.83. The fraction of sp³-hybridized carbons (Fsp3) is 0. The zero-order chi connectivity index (χ0) is 30.2. The molecule has 10 rings (SSSR count). The van der Waals surface area contributed by atoms with E-state index in [0.717, 1.165) is 60.9 Å². The van der Waals surface area contributed by atoms with Gasteiger partial charge in [-0.15, -0.1) is 11.3 Å². The SMILES string of the molecule is c1ccc(-c2cccc3sc4ccc(N(c5cccc6oc7ccccc7c56)c5cccc6oc7ccccc7c56)cc4c23)cc1. The van der Waals surface area contributed by atoms with Crippen molar-refractivity contribution in [2.24, 2.45) is 0 Å². The molecule has 3 aromatic heterocycles. The number of benzene rings is 7. The molecule has 0 amide bonds. The molecule has 0 atom stereocenters. The van der Waals surface area contributed by atoms with E-state index < -0.39 is 0 Å². The average molecular weight is 608 g/mol. The van der Waals surface area contributed by atoms with Gasteiger partial charge in [0.25, 0.3) is 0 Å². The van der Waals surface area contributed by atoms with Gasteiger partial charge in [-0.05, 0) is 71.8 Å². The third-order valence-electron chi connectivity index (χ3n) is 9.06. The zero-order valence-corrected chi connectivity index (χ0v) is 25.4. The van der Waals surface area contributed by atoms with Gasteiger partial charge in [0.15, 0.2) is 0 Å². The molecule has 46 heavy (non-hydrogen) atoms. The third-order valence-corrected chi connectivity index (χ3v) is 10.2. The Bertz CT molecular complexity index is 2650. The smallest absolute Gasteiger partial charge is 0.137 e. The van der Waals surface area contributed by atoms with Crippen LogP contribution >= 0.6 is 11.3 Å². The van der Waals surface area contributed by atoms with Crippen LogP contribution in [0.2, 0.25) is 0 Å². The Labute approximate surface area is 268 Å². The van der Waals surface area contributed by atoms with Gasteiger partial charge in [-0.2, -0.15) is 0 Å². The minimum absolute atomic E-state index is 0.862. The lowest BCUT2D eigenvalue weighted by Gasteiger charge is -2.27. The van der Waals surface area contributed by atoms with Crippen LogP contribution in [-0.4, -0.2) is 0 Å². The van der Waals surface area contributed by atoms with Crippen LogP contribution in [-0.2, 0) is 0 Å². The molecule has 0 N–H and O–H groups in total. The topological polar surface area (TPSA) is 29.5 Å². The summed E-state index contributed by atoms with van der Waals surface area (Å²) in [7, 11) is 0. The number of rotatable bonds is 4. The molecule has 0 saturated carbocycles. The molecule has 216 valence electrons. The van der Waals surface area contributed by atoms with Crippen molar-refractivity contribution in [1.82, 2.24) is 0 Å². The molecule has 0 aliphatic carbocycles. The highest BCUT2D eigenvalue weighted by Crippen LogP contribution is 2.49. The molecule has 3 nitrogen and oxygen atoms in total. The number of hydrogen-bond acceptors (Lipinski definition) is 4. The molecule has 4 heteroatoms. The Morgan fingerprint density at radius 3 is 1.67 bits per heavy atom. The van der Waals surface area contributed by atoms with Crippen molar-refractivity contribution in [3.8, 4) is 11.1 Å². The highest BCUT2D eigenvalue weighted by atomic mass is 32.1. The Balaban J connectivity index is 1.32. The van der Waals surface area contributed by atoms with E-state index in [1.807, 2.05) is 35.6 Å². The molecule has 0 fully saturated rings. The minimum Gasteiger partial charge on any atom is -0.456 e. The van der Waals surface area contributed by atoms with E-state index in [9.17, 15) is 0 Å². The number of nitrogens with zero attached hydrogens (tertiary/aromatic N) is 1. The summed E-state index contributed by atoms with van der Waals surface area (Å²) in [5.41, 5.74) is 9.14. The second-order valence-corrected chi connectivity index (χ2v) is 12.7. The maximum Gasteiger partial charge on any atom is 0.137 e. The summed E-state index contributed by atoms with van der Waals surface area (Å²) in [5.74, 6) is 0. The van der Waals surface area contributed by atoms with Crippen molar-refractivity contribution in [2.45, 2.75) is 0 Å². The van der Waals surface area contributed by atoms with E-state index in [4.69, 9.17) is 8.83 Å². The van der Waals surface area contributed by atoms with Crippen LogP contribution in [0.25, 0.3) is 75.2 Å².